The van der Waals surface area contributed by atoms with E-state index in [0.29, 0.717) is 36.4 Å². The summed E-state index contributed by atoms with van der Waals surface area (Å²) in [4.78, 5) is 12.1. The highest BCUT2D eigenvalue weighted by Gasteiger charge is 2.42. The number of benzene rings is 1. The Kier molecular flexibility index (Phi) is 3.24. The first-order valence-corrected chi connectivity index (χ1v) is 9.66. The lowest BCUT2D eigenvalue weighted by Crippen LogP contribution is -2.29. The number of carbonyl (C=O) groups is 1. The summed E-state index contributed by atoms with van der Waals surface area (Å²) in [5.41, 5.74) is 2.20. The molecule has 1 aliphatic heterocycles. The maximum absolute atomic E-state index is 13.1. The molecule has 0 radical (unpaired) electrons. The van der Waals surface area contributed by atoms with E-state index in [1.807, 2.05) is 0 Å². The zero-order valence-corrected chi connectivity index (χ0v) is 14.1. The van der Waals surface area contributed by atoms with Crippen LogP contribution in [0.1, 0.15) is 34.7 Å². The van der Waals surface area contributed by atoms with Crippen molar-refractivity contribution in [2.45, 2.75) is 23.0 Å². The van der Waals surface area contributed by atoms with Crippen molar-refractivity contribution < 1.29 is 17.9 Å². The van der Waals surface area contributed by atoms with E-state index in [2.05, 4.69) is 0 Å². The molecule has 2 heterocycles. The molecule has 0 spiro atoms. The van der Waals surface area contributed by atoms with Gasteiger partial charge in [-0.05, 0) is 29.5 Å². The molecular formula is C16H15NO4S2. The number of hydrogen-bond acceptors (Lipinski definition) is 5. The lowest BCUT2D eigenvalue weighted by Gasteiger charge is -2.19. The van der Waals surface area contributed by atoms with Gasteiger partial charge in [0.25, 0.3) is 10.0 Å². The molecule has 1 aromatic heterocycles. The highest BCUT2D eigenvalue weighted by Crippen LogP contribution is 2.47. The summed E-state index contributed by atoms with van der Waals surface area (Å²) >= 11 is 1.15. The second-order valence-electron chi connectivity index (χ2n) is 5.71. The monoisotopic (exact) mass is 349 g/mol. The van der Waals surface area contributed by atoms with Gasteiger partial charge in [0.1, 0.15) is 5.75 Å². The fraction of sp³-hybridized carbons (Fsp3) is 0.312. The molecule has 2 aromatic rings. The van der Waals surface area contributed by atoms with E-state index < -0.39 is 10.0 Å². The third kappa shape index (κ3) is 2.03. The number of ketones is 1. The van der Waals surface area contributed by atoms with Gasteiger partial charge in [-0.25, -0.2) is 8.42 Å². The standard InChI is InChI=1S/C16H15NO4S2/c1-21-14-7-8-22-16(14)23(19,20)17-9-10-5-6-13(18)11-3-2-4-12(17)15(10)11/h2-4,7-8,10H,5-6,9H2,1H3/t10-/m0/s1. The number of ether oxygens (including phenoxy) is 1. The summed E-state index contributed by atoms with van der Waals surface area (Å²) in [6, 6.07) is 7.00. The summed E-state index contributed by atoms with van der Waals surface area (Å²) in [6.07, 6.45) is 1.19. The van der Waals surface area contributed by atoms with Crippen molar-refractivity contribution in [1.82, 2.24) is 0 Å². The molecule has 4 rings (SSSR count). The molecule has 0 saturated heterocycles. The Labute approximate surface area is 138 Å². The quantitative estimate of drug-likeness (QED) is 0.854. The molecule has 0 unspecified atom stereocenters. The minimum Gasteiger partial charge on any atom is -0.494 e. The number of rotatable bonds is 3. The maximum atomic E-state index is 13.1. The predicted molar refractivity (Wildman–Crippen MR) is 88.2 cm³/mol. The van der Waals surface area contributed by atoms with Crippen LogP contribution in [-0.2, 0) is 10.0 Å². The van der Waals surface area contributed by atoms with Crippen molar-refractivity contribution in [3.63, 3.8) is 0 Å². The zero-order valence-electron chi connectivity index (χ0n) is 12.5. The van der Waals surface area contributed by atoms with Crippen molar-refractivity contribution in [2.75, 3.05) is 18.0 Å². The van der Waals surface area contributed by atoms with Crippen molar-refractivity contribution >= 4 is 32.8 Å². The van der Waals surface area contributed by atoms with E-state index >= 15 is 0 Å². The number of methoxy groups -OCH3 is 1. The molecule has 23 heavy (non-hydrogen) atoms. The first-order chi connectivity index (χ1) is 11.0. The van der Waals surface area contributed by atoms with Gasteiger partial charge in [-0.2, -0.15) is 0 Å². The first kappa shape index (κ1) is 14.7. The Morgan fingerprint density at radius 2 is 2.13 bits per heavy atom. The van der Waals surface area contributed by atoms with Gasteiger partial charge in [0.05, 0.1) is 12.8 Å². The van der Waals surface area contributed by atoms with Crippen LogP contribution in [0.5, 0.6) is 5.75 Å². The van der Waals surface area contributed by atoms with Crippen molar-refractivity contribution in [3.8, 4) is 5.75 Å². The fourth-order valence-electron chi connectivity index (χ4n) is 3.46. The molecule has 0 bridgehead atoms. The Bertz CT molecular complexity index is 901. The summed E-state index contributed by atoms with van der Waals surface area (Å²) < 4.78 is 33.0. The first-order valence-electron chi connectivity index (χ1n) is 7.34. The molecule has 1 aliphatic carbocycles. The highest BCUT2D eigenvalue weighted by molar-refractivity contribution is 7.94. The molecule has 0 amide bonds. The van der Waals surface area contributed by atoms with Gasteiger partial charge in [0.15, 0.2) is 9.99 Å². The topological polar surface area (TPSA) is 63.7 Å². The average Bonchev–Trinajstić information content (AvgIpc) is 3.17. The molecule has 120 valence electrons. The van der Waals surface area contributed by atoms with Crippen LogP contribution in [0.25, 0.3) is 0 Å². The van der Waals surface area contributed by atoms with E-state index in [1.54, 1.807) is 29.6 Å². The summed E-state index contributed by atoms with van der Waals surface area (Å²) in [6.45, 7) is 0.392. The normalized spacial score (nSPS) is 19.8. The van der Waals surface area contributed by atoms with E-state index in [4.69, 9.17) is 4.74 Å². The molecule has 0 N–H and O–H groups in total. The van der Waals surface area contributed by atoms with Crippen LogP contribution in [-0.4, -0.2) is 27.9 Å². The SMILES string of the molecule is COc1ccsc1S(=O)(=O)N1C[C@@H]2CCC(=O)c3cccc1c32. The van der Waals surface area contributed by atoms with E-state index in [-0.39, 0.29) is 15.9 Å². The maximum Gasteiger partial charge on any atom is 0.277 e. The largest absolute Gasteiger partial charge is 0.494 e. The Hall–Kier alpha value is -1.86. The van der Waals surface area contributed by atoms with Gasteiger partial charge in [-0.1, -0.05) is 12.1 Å². The summed E-state index contributed by atoms with van der Waals surface area (Å²) in [7, 11) is -2.22. The Morgan fingerprint density at radius 3 is 2.91 bits per heavy atom. The zero-order chi connectivity index (χ0) is 16.2. The smallest absolute Gasteiger partial charge is 0.277 e. The second kappa shape index (κ2) is 5.07. The Morgan fingerprint density at radius 1 is 1.30 bits per heavy atom. The van der Waals surface area contributed by atoms with Crippen LogP contribution in [0.4, 0.5) is 5.69 Å². The summed E-state index contributed by atoms with van der Waals surface area (Å²) in [5.74, 6) is 0.563. The van der Waals surface area contributed by atoms with Crippen LogP contribution in [0.15, 0.2) is 33.9 Å². The summed E-state index contributed by atoms with van der Waals surface area (Å²) in [5, 5.41) is 1.71. The molecular weight excluding hydrogens is 334 g/mol. The van der Waals surface area contributed by atoms with Crippen LogP contribution in [0, 0.1) is 0 Å². The van der Waals surface area contributed by atoms with Gasteiger partial charge in [-0.3, -0.25) is 9.10 Å². The third-order valence-corrected chi connectivity index (χ3v) is 7.71. The van der Waals surface area contributed by atoms with Crippen molar-refractivity contribution in [2.24, 2.45) is 0 Å². The van der Waals surface area contributed by atoms with E-state index in [1.165, 1.54) is 11.4 Å². The molecule has 0 saturated carbocycles. The lowest BCUT2D eigenvalue weighted by molar-refractivity contribution is 0.0968. The van der Waals surface area contributed by atoms with Crippen LogP contribution >= 0.6 is 11.3 Å². The molecule has 1 atom stereocenters. The van der Waals surface area contributed by atoms with Gasteiger partial charge in [0.2, 0.25) is 0 Å². The van der Waals surface area contributed by atoms with Gasteiger partial charge in [-0.15, -0.1) is 11.3 Å². The molecule has 1 aromatic carbocycles. The molecule has 0 fully saturated rings. The van der Waals surface area contributed by atoms with Crippen LogP contribution in [0.3, 0.4) is 0 Å². The minimum absolute atomic E-state index is 0.0969. The fourth-order valence-corrected chi connectivity index (χ4v) is 6.36. The second-order valence-corrected chi connectivity index (χ2v) is 8.68. The molecule has 2 aliphatic rings. The number of hydrogen-bond donors (Lipinski definition) is 0. The van der Waals surface area contributed by atoms with Gasteiger partial charge < -0.3 is 4.74 Å². The van der Waals surface area contributed by atoms with Crippen LogP contribution in [0.2, 0.25) is 0 Å². The van der Waals surface area contributed by atoms with Gasteiger partial charge >= 0.3 is 0 Å². The highest BCUT2D eigenvalue weighted by atomic mass is 32.2. The lowest BCUT2D eigenvalue weighted by atomic mass is 9.83. The minimum atomic E-state index is -3.69. The van der Waals surface area contributed by atoms with Crippen molar-refractivity contribution in [3.05, 3.63) is 40.8 Å². The number of anilines is 1. The number of carbonyl (C=O) groups excluding carboxylic acids is 1. The van der Waals surface area contributed by atoms with Crippen LogP contribution < -0.4 is 9.04 Å². The van der Waals surface area contributed by atoms with E-state index in [0.717, 1.165) is 16.9 Å². The number of nitrogens with zero attached hydrogens (tertiary/aromatic N) is 1. The average molecular weight is 349 g/mol. The van der Waals surface area contributed by atoms with Gasteiger partial charge in [0, 0.05) is 24.4 Å². The van der Waals surface area contributed by atoms with E-state index in [9.17, 15) is 13.2 Å². The van der Waals surface area contributed by atoms with Crippen molar-refractivity contribution in [1.29, 1.82) is 0 Å². The number of Topliss-reactive ketones (excluding diaryl/α,β-unsaturated/α-hetero) is 1. The Balaban J connectivity index is 1.87. The number of sulfonamides is 1. The molecule has 7 heteroatoms. The molecule has 5 nitrogen and oxygen atoms in total. The predicted octanol–water partition coefficient (Wildman–Crippen LogP) is 3.03. The third-order valence-electron chi connectivity index (χ3n) is 4.51. The number of thiophene rings is 1.